The number of nitrogens with one attached hydrogen (secondary N) is 1. The van der Waals surface area contributed by atoms with Crippen LogP contribution >= 0.6 is 15.9 Å². The molecule has 1 atom stereocenters. The molecule has 0 spiro atoms. The summed E-state index contributed by atoms with van der Waals surface area (Å²) < 4.78 is 1.17. The zero-order valence-electron chi connectivity index (χ0n) is 9.97. The van der Waals surface area contributed by atoms with E-state index in [9.17, 15) is 0 Å². The van der Waals surface area contributed by atoms with E-state index < -0.39 is 0 Å². The second kappa shape index (κ2) is 5.55. The van der Waals surface area contributed by atoms with Crippen LogP contribution in [-0.4, -0.2) is 6.04 Å². The summed E-state index contributed by atoms with van der Waals surface area (Å²) in [6.45, 7) is 8.88. The van der Waals surface area contributed by atoms with Gasteiger partial charge in [0, 0.05) is 16.2 Å². The lowest BCUT2D eigenvalue weighted by Gasteiger charge is -2.23. The molecule has 1 aromatic carbocycles. The smallest absolute Gasteiger partial charge is 0.0383 e. The molecule has 84 valence electrons. The quantitative estimate of drug-likeness (QED) is 0.842. The van der Waals surface area contributed by atoms with Crippen LogP contribution in [0.15, 0.2) is 22.7 Å². The first-order chi connectivity index (χ1) is 7.06. The molecule has 0 saturated heterocycles. The van der Waals surface area contributed by atoms with Crippen LogP contribution in [0.25, 0.3) is 0 Å². The van der Waals surface area contributed by atoms with Gasteiger partial charge in [0.1, 0.15) is 0 Å². The van der Waals surface area contributed by atoms with E-state index in [4.69, 9.17) is 0 Å². The minimum Gasteiger partial charge on any atom is -0.382 e. The molecule has 0 aliphatic carbocycles. The van der Waals surface area contributed by atoms with Crippen LogP contribution in [0.2, 0.25) is 0 Å². The number of rotatable bonds is 4. The highest BCUT2D eigenvalue weighted by Gasteiger charge is 2.11. The van der Waals surface area contributed by atoms with Crippen molar-refractivity contribution in [1.82, 2.24) is 0 Å². The van der Waals surface area contributed by atoms with Crippen LogP contribution in [-0.2, 0) is 0 Å². The van der Waals surface area contributed by atoms with E-state index in [1.807, 2.05) is 0 Å². The summed E-state index contributed by atoms with van der Waals surface area (Å²) in [5, 5.41) is 3.61. The molecule has 1 unspecified atom stereocenters. The molecule has 0 amide bonds. The summed E-state index contributed by atoms with van der Waals surface area (Å²) in [4.78, 5) is 0. The van der Waals surface area contributed by atoms with Gasteiger partial charge >= 0.3 is 0 Å². The van der Waals surface area contributed by atoms with Gasteiger partial charge in [0.25, 0.3) is 0 Å². The first kappa shape index (κ1) is 12.6. The number of anilines is 1. The van der Waals surface area contributed by atoms with Crippen molar-refractivity contribution in [2.45, 2.75) is 40.2 Å². The van der Waals surface area contributed by atoms with E-state index in [0.29, 0.717) is 12.0 Å². The lowest BCUT2D eigenvalue weighted by Crippen LogP contribution is -2.24. The molecule has 1 rings (SSSR count). The molecule has 2 heteroatoms. The lowest BCUT2D eigenvalue weighted by molar-refractivity contribution is 0.511. The van der Waals surface area contributed by atoms with Crippen molar-refractivity contribution in [1.29, 1.82) is 0 Å². The topological polar surface area (TPSA) is 12.0 Å². The Kier molecular flexibility index (Phi) is 4.65. The third-order valence-electron chi connectivity index (χ3n) is 2.85. The van der Waals surface area contributed by atoms with E-state index in [1.54, 1.807) is 0 Å². The summed E-state index contributed by atoms with van der Waals surface area (Å²) in [6.07, 6.45) is 1.16. The zero-order chi connectivity index (χ0) is 11.4. The van der Waals surface area contributed by atoms with E-state index in [-0.39, 0.29) is 0 Å². The number of hydrogen-bond donors (Lipinski definition) is 1. The van der Waals surface area contributed by atoms with Crippen LogP contribution in [0.3, 0.4) is 0 Å². The molecule has 0 heterocycles. The van der Waals surface area contributed by atoms with Crippen LogP contribution in [0, 0.1) is 12.8 Å². The fraction of sp³-hybridized carbons (Fsp3) is 0.538. The molecule has 0 radical (unpaired) electrons. The van der Waals surface area contributed by atoms with Crippen molar-refractivity contribution in [2.75, 3.05) is 5.32 Å². The summed E-state index contributed by atoms with van der Waals surface area (Å²) in [6, 6.07) is 6.85. The predicted molar refractivity (Wildman–Crippen MR) is 71.4 cm³/mol. The minimum atomic E-state index is 0.554. The van der Waals surface area contributed by atoms with Crippen molar-refractivity contribution in [3.05, 3.63) is 28.2 Å². The maximum Gasteiger partial charge on any atom is 0.0383 e. The summed E-state index contributed by atoms with van der Waals surface area (Å²) in [5.74, 6) is 0.661. The average molecular weight is 270 g/mol. The largest absolute Gasteiger partial charge is 0.382 e. The van der Waals surface area contributed by atoms with Gasteiger partial charge in [-0.25, -0.2) is 0 Å². The Morgan fingerprint density at radius 2 is 2.00 bits per heavy atom. The normalized spacial score (nSPS) is 12.9. The molecule has 0 aliphatic rings. The standard InChI is InChI=1S/C13H20BrN/c1-5-12(9(2)3)15-13-8-6-7-11(14)10(13)4/h6-9,12,15H,5H2,1-4H3. The van der Waals surface area contributed by atoms with Crippen molar-refractivity contribution in [3.8, 4) is 0 Å². The Balaban J connectivity index is 2.84. The second-order valence-corrected chi connectivity index (χ2v) is 5.17. The maximum absolute atomic E-state index is 3.61. The van der Waals surface area contributed by atoms with Gasteiger partial charge in [-0.3, -0.25) is 0 Å². The van der Waals surface area contributed by atoms with Crippen molar-refractivity contribution in [2.24, 2.45) is 5.92 Å². The highest BCUT2D eigenvalue weighted by Crippen LogP contribution is 2.25. The molecule has 1 nitrogen and oxygen atoms in total. The first-order valence-corrected chi connectivity index (χ1v) is 6.37. The van der Waals surface area contributed by atoms with Crippen LogP contribution in [0.5, 0.6) is 0 Å². The van der Waals surface area contributed by atoms with Gasteiger partial charge in [-0.15, -0.1) is 0 Å². The van der Waals surface area contributed by atoms with Crippen molar-refractivity contribution in [3.63, 3.8) is 0 Å². The molecule has 0 bridgehead atoms. The maximum atomic E-state index is 3.61. The van der Waals surface area contributed by atoms with Crippen molar-refractivity contribution < 1.29 is 0 Å². The second-order valence-electron chi connectivity index (χ2n) is 4.32. The minimum absolute atomic E-state index is 0.554. The Morgan fingerprint density at radius 3 is 2.53 bits per heavy atom. The van der Waals surface area contributed by atoms with Gasteiger partial charge in [0.2, 0.25) is 0 Å². The van der Waals surface area contributed by atoms with Gasteiger partial charge in [0.15, 0.2) is 0 Å². The average Bonchev–Trinajstić information content (AvgIpc) is 2.19. The van der Waals surface area contributed by atoms with E-state index >= 15 is 0 Å². The number of halogens is 1. The fourth-order valence-electron chi connectivity index (χ4n) is 1.70. The van der Waals surface area contributed by atoms with Crippen LogP contribution in [0.4, 0.5) is 5.69 Å². The molecule has 0 fully saturated rings. The van der Waals surface area contributed by atoms with E-state index in [2.05, 4.69) is 67.1 Å². The van der Waals surface area contributed by atoms with Gasteiger partial charge in [-0.2, -0.15) is 0 Å². The Morgan fingerprint density at radius 1 is 1.33 bits per heavy atom. The molecule has 0 aromatic heterocycles. The number of hydrogen-bond acceptors (Lipinski definition) is 1. The van der Waals surface area contributed by atoms with Gasteiger partial charge < -0.3 is 5.32 Å². The summed E-state index contributed by atoms with van der Waals surface area (Å²) >= 11 is 3.55. The third-order valence-corrected chi connectivity index (χ3v) is 3.71. The SMILES string of the molecule is CCC(Nc1cccc(Br)c1C)C(C)C. The van der Waals surface area contributed by atoms with Gasteiger partial charge in [-0.05, 0) is 37.0 Å². The third kappa shape index (κ3) is 3.23. The summed E-state index contributed by atoms with van der Waals surface area (Å²) in [7, 11) is 0. The fourth-order valence-corrected chi connectivity index (χ4v) is 2.07. The molecule has 1 aromatic rings. The van der Waals surface area contributed by atoms with Gasteiger partial charge in [-0.1, -0.05) is 42.8 Å². The Hall–Kier alpha value is -0.500. The van der Waals surface area contributed by atoms with E-state index in [1.165, 1.54) is 15.7 Å². The monoisotopic (exact) mass is 269 g/mol. The highest BCUT2D eigenvalue weighted by atomic mass is 79.9. The van der Waals surface area contributed by atoms with Crippen LogP contribution < -0.4 is 5.32 Å². The molecular weight excluding hydrogens is 250 g/mol. The Labute approximate surface area is 101 Å². The molecule has 15 heavy (non-hydrogen) atoms. The molecular formula is C13H20BrN. The van der Waals surface area contributed by atoms with Crippen molar-refractivity contribution >= 4 is 21.6 Å². The van der Waals surface area contributed by atoms with E-state index in [0.717, 1.165) is 6.42 Å². The lowest BCUT2D eigenvalue weighted by atomic mass is 10.0. The molecule has 0 aliphatic heterocycles. The van der Waals surface area contributed by atoms with Gasteiger partial charge in [0.05, 0.1) is 0 Å². The Bertz CT molecular complexity index is 320. The summed E-state index contributed by atoms with van der Waals surface area (Å²) in [5.41, 5.74) is 2.53. The predicted octanol–water partition coefficient (Wildman–Crippen LogP) is 4.60. The van der Waals surface area contributed by atoms with Crippen LogP contribution in [0.1, 0.15) is 32.8 Å². The molecule has 1 N–H and O–H groups in total. The highest BCUT2D eigenvalue weighted by molar-refractivity contribution is 9.10. The zero-order valence-corrected chi connectivity index (χ0v) is 11.6. The number of benzene rings is 1. The molecule has 0 saturated carbocycles. The first-order valence-electron chi connectivity index (χ1n) is 5.58.